The summed E-state index contributed by atoms with van der Waals surface area (Å²) in [6.07, 6.45) is -12.6. The summed E-state index contributed by atoms with van der Waals surface area (Å²) in [5.41, 5.74) is -7.58. The number of sulfone groups is 1. The van der Waals surface area contributed by atoms with Gasteiger partial charge >= 0.3 is 12.4 Å². The molecule has 3 aromatic rings. The summed E-state index contributed by atoms with van der Waals surface area (Å²) in [4.78, 5) is -0.601. The second-order valence-corrected chi connectivity index (χ2v) is 11.3. The van der Waals surface area contributed by atoms with Gasteiger partial charge in [0.15, 0.2) is 9.84 Å². The quantitative estimate of drug-likeness (QED) is 0.320. The molecule has 1 atom stereocenters. The van der Waals surface area contributed by atoms with E-state index in [1.165, 1.54) is 36.4 Å². The van der Waals surface area contributed by atoms with Crippen molar-refractivity contribution in [1.29, 1.82) is 0 Å². The zero-order valence-corrected chi connectivity index (χ0v) is 21.6. The molecule has 4 rings (SSSR count). The molecule has 5 nitrogen and oxygen atoms in total. The van der Waals surface area contributed by atoms with E-state index in [9.17, 15) is 48.6 Å². The highest BCUT2D eigenvalue weighted by molar-refractivity contribution is 7.90. The van der Waals surface area contributed by atoms with Gasteiger partial charge in [0.1, 0.15) is 11.6 Å². The van der Waals surface area contributed by atoms with E-state index in [0.29, 0.717) is 12.1 Å². The largest absolute Gasteiger partial charge is 0.431 e. The first-order valence-electron chi connectivity index (χ1n) is 11.1. The molecule has 0 radical (unpaired) electrons. The van der Waals surface area contributed by atoms with Gasteiger partial charge in [0.05, 0.1) is 32.9 Å². The standard InChI is InChI=1S/C25H17ClF8N2O3S/c1-40(38,39)15-10-17(27)22(18(28)11-15)14-8-6-13(7-9-14)20-12-21(23(37,24(29,30)31)25(32,33)34)35-36(20)19-5-3-2-4-16(19)26/h2-11,20,37H,12H2,1H3. The van der Waals surface area contributed by atoms with E-state index in [0.717, 1.165) is 23.4 Å². The fraction of sp³-hybridized carbons (Fsp3) is 0.240. The minimum atomic E-state index is -6.16. The molecule has 1 aliphatic heterocycles. The van der Waals surface area contributed by atoms with E-state index < -0.39 is 68.1 Å². The number of benzene rings is 3. The SMILES string of the molecule is CS(=O)(=O)c1cc(F)c(-c2ccc(C3CC(C(O)(C(F)(F)F)C(F)(F)F)=NN3c3ccccc3Cl)cc2)c(F)c1. The molecule has 3 aromatic carbocycles. The Labute approximate surface area is 227 Å². The van der Waals surface area contributed by atoms with Crippen molar-refractivity contribution in [2.24, 2.45) is 5.10 Å². The molecule has 0 amide bonds. The van der Waals surface area contributed by atoms with E-state index in [1.54, 1.807) is 0 Å². The van der Waals surface area contributed by atoms with Crippen LogP contribution in [0.25, 0.3) is 11.1 Å². The van der Waals surface area contributed by atoms with Gasteiger partial charge in [-0.25, -0.2) is 17.2 Å². The average molecular weight is 613 g/mol. The smallest absolute Gasteiger partial charge is 0.369 e. The molecule has 0 saturated carbocycles. The molecule has 0 aromatic heterocycles. The second kappa shape index (κ2) is 10.00. The monoisotopic (exact) mass is 612 g/mol. The third-order valence-electron chi connectivity index (χ3n) is 6.28. The van der Waals surface area contributed by atoms with Gasteiger partial charge in [-0.3, -0.25) is 5.01 Å². The molecule has 214 valence electrons. The first-order chi connectivity index (χ1) is 18.4. The Morgan fingerprint density at radius 2 is 1.45 bits per heavy atom. The van der Waals surface area contributed by atoms with Crippen LogP contribution < -0.4 is 5.01 Å². The number of nitrogens with zero attached hydrogens (tertiary/aromatic N) is 2. The number of anilines is 1. The van der Waals surface area contributed by atoms with Crippen molar-refractivity contribution in [3.05, 3.63) is 82.9 Å². The molecule has 0 fully saturated rings. The molecular formula is C25H17ClF8N2O3S. The van der Waals surface area contributed by atoms with Gasteiger partial charge in [0.25, 0.3) is 5.60 Å². The minimum absolute atomic E-state index is 0.0617. The lowest BCUT2D eigenvalue weighted by molar-refractivity contribution is -0.338. The van der Waals surface area contributed by atoms with Crippen molar-refractivity contribution < 1.29 is 48.6 Å². The van der Waals surface area contributed by atoms with Crippen LogP contribution in [0.15, 0.2) is 70.7 Å². The van der Waals surface area contributed by atoms with Crippen molar-refractivity contribution in [2.75, 3.05) is 11.3 Å². The summed E-state index contributed by atoms with van der Waals surface area (Å²) in [7, 11) is -3.93. The number of hydrogen-bond acceptors (Lipinski definition) is 5. The van der Waals surface area contributed by atoms with Crippen LogP contribution in [0, 0.1) is 11.6 Å². The Morgan fingerprint density at radius 1 is 0.925 bits per heavy atom. The molecule has 15 heteroatoms. The van der Waals surface area contributed by atoms with E-state index in [2.05, 4.69) is 5.10 Å². The Kier molecular flexibility index (Phi) is 7.43. The number of aliphatic hydroxyl groups is 1. The summed E-state index contributed by atoms with van der Waals surface area (Å²) in [5.74, 6) is -2.42. The molecule has 1 N–H and O–H groups in total. The van der Waals surface area contributed by atoms with Gasteiger partial charge in [-0.15, -0.1) is 0 Å². The van der Waals surface area contributed by atoms with Crippen LogP contribution in [0.2, 0.25) is 5.02 Å². The van der Waals surface area contributed by atoms with Gasteiger partial charge < -0.3 is 5.11 Å². The summed E-state index contributed by atoms with van der Waals surface area (Å²) < 4.78 is 134. The number of hydrazone groups is 1. The van der Waals surface area contributed by atoms with Crippen LogP contribution in [0.4, 0.5) is 40.8 Å². The minimum Gasteiger partial charge on any atom is -0.369 e. The van der Waals surface area contributed by atoms with E-state index in [1.807, 2.05) is 0 Å². The van der Waals surface area contributed by atoms with Gasteiger partial charge in [-0.2, -0.15) is 31.4 Å². The van der Waals surface area contributed by atoms with Gasteiger partial charge in [0.2, 0.25) is 0 Å². The fourth-order valence-electron chi connectivity index (χ4n) is 4.25. The van der Waals surface area contributed by atoms with Crippen molar-refractivity contribution in [2.45, 2.75) is 35.3 Å². The highest BCUT2D eigenvalue weighted by Gasteiger charge is 2.74. The first kappa shape index (κ1) is 29.7. The highest BCUT2D eigenvalue weighted by Crippen LogP contribution is 2.49. The lowest BCUT2D eigenvalue weighted by Gasteiger charge is -2.32. The molecular weight excluding hydrogens is 596 g/mol. The molecule has 40 heavy (non-hydrogen) atoms. The zero-order valence-electron chi connectivity index (χ0n) is 20.0. The topological polar surface area (TPSA) is 70.0 Å². The van der Waals surface area contributed by atoms with Crippen LogP contribution in [0.3, 0.4) is 0 Å². The number of rotatable bonds is 5. The van der Waals surface area contributed by atoms with Crippen LogP contribution in [0.1, 0.15) is 18.0 Å². The second-order valence-electron chi connectivity index (χ2n) is 8.92. The van der Waals surface area contributed by atoms with E-state index in [-0.39, 0.29) is 21.8 Å². The highest BCUT2D eigenvalue weighted by atomic mass is 35.5. The molecule has 0 aliphatic carbocycles. The predicted octanol–water partition coefficient (Wildman–Crippen LogP) is 6.85. The number of alkyl halides is 6. The lowest BCUT2D eigenvalue weighted by Crippen LogP contribution is -2.62. The normalized spacial score (nSPS) is 16.8. The van der Waals surface area contributed by atoms with Crippen molar-refractivity contribution in [3.8, 4) is 11.1 Å². The number of para-hydroxylation sites is 1. The molecule has 1 aliphatic rings. The third-order valence-corrected chi connectivity index (χ3v) is 7.69. The summed E-state index contributed by atoms with van der Waals surface area (Å²) >= 11 is 6.14. The Bertz CT molecular complexity index is 1550. The predicted molar refractivity (Wildman–Crippen MR) is 131 cm³/mol. The maximum absolute atomic E-state index is 14.7. The first-order valence-corrected chi connectivity index (χ1v) is 13.4. The molecule has 1 heterocycles. The zero-order chi connectivity index (χ0) is 29.8. The van der Waals surface area contributed by atoms with Crippen LogP contribution >= 0.6 is 11.6 Å². The Balaban J connectivity index is 1.80. The van der Waals surface area contributed by atoms with Crippen LogP contribution in [0.5, 0.6) is 0 Å². The van der Waals surface area contributed by atoms with Crippen LogP contribution in [-0.2, 0) is 9.84 Å². The Hall–Kier alpha value is -3.23. The van der Waals surface area contributed by atoms with E-state index >= 15 is 0 Å². The third kappa shape index (κ3) is 5.15. The lowest BCUT2D eigenvalue weighted by atomic mass is 9.89. The van der Waals surface area contributed by atoms with Crippen molar-refractivity contribution in [1.82, 2.24) is 0 Å². The van der Waals surface area contributed by atoms with Crippen LogP contribution in [-0.4, -0.2) is 43.4 Å². The molecule has 1 unspecified atom stereocenters. The maximum atomic E-state index is 14.7. The van der Waals surface area contributed by atoms with Gasteiger partial charge in [0, 0.05) is 12.7 Å². The van der Waals surface area contributed by atoms with Crippen molar-refractivity contribution >= 4 is 32.8 Å². The number of hydrogen-bond donors (Lipinski definition) is 1. The Morgan fingerprint density at radius 3 is 1.93 bits per heavy atom. The fourth-order valence-corrected chi connectivity index (χ4v) is 5.11. The summed E-state index contributed by atoms with van der Waals surface area (Å²) in [5, 5.41) is 14.2. The maximum Gasteiger partial charge on any atom is 0.431 e. The molecule has 0 spiro atoms. The van der Waals surface area contributed by atoms with Gasteiger partial charge in [-0.1, -0.05) is 48.0 Å². The average Bonchev–Trinajstić information content (AvgIpc) is 3.27. The molecule has 0 bridgehead atoms. The molecule has 0 saturated heterocycles. The van der Waals surface area contributed by atoms with Gasteiger partial charge in [-0.05, 0) is 35.4 Å². The van der Waals surface area contributed by atoms with Crippen molar-refractivity contribution in [3.63, 3.8) is 0 Å². The van der Waals surface area contributed by atoms with E-state index in [4.69, 9.17) is 11.6 Å². The number of halogens is 9. The summed E-state index contributed by atoms with van der Waals surface area (Å²) in [6, 6.07) is 10.1. The summed E-state index contributed by atoms with van der Waals surface area (Å²) in [6.45, 7) is 0.